The van der Waals surface area contributed by atoms with E-state index in [4.69, 9.17) is 0 Å². The lowest BCUT2D eigenvalue weighted by Gasteiger charge is -2.40. The van der Waals surface area contributed by atoms with Crippen molar-refractivity contribution in [3.63, 3.8) is 0 Å². The lowest BCUT2D eigenvalue weighted by atomic mass is 9.90. The van der Waals surface area contributed by atoms with E-state index >= 15 is 0 Å². The Hall–Kier alpha value is -2.31. The van der Waals surface area contributed by atoms with Gasteiger partial charge in [-0.05, 0) is 32.6 Å². The summed E-state index contributed by atoms with van der Waals surface area (Å²) in [5.74, 6) is 0.194. The standard InChI is InChI=1S/C21H34FN7O3S/c1-5-14-10-16(11-15(23-14)7-8-33(31,32)6-2)29(4)21-24-17(12-30)19(22)20(26-21)25-18-9-13(3)27-28-18/h9,14-16,23,30H,5-8,10-12H2,1-4H3,(H2,24,25,26,27,28)/t14-,15+,16-/m1/s1. The summed E-state index contributed by atoms with van der Waals surface area (Å²) in [4.78, 5) is 10.5. The van der Waals surface area contributed by atoms with Gasteiger partial charge in [-0.3, -0.25) is 5.10 Å². The number of aromatic nitrogens is 4. The second kappa shape index (κ2) is 10.7. The number of aromatic amines is 1. The van der Waals surface area contributed by atoms with Crippen LogP contribution in [-0.4, -0.2) is 70.4 Å². The Balaban J connectivity index is 1.82. The molecule has 1 fully saturated rings. The first-order valence-corrected chi connectivity index (χ1v) is 13.1. The summed E-state index contributed by atoms with van der Waals surface area (Å²) in [6.45, 7) is 5.02. The van der Waals surface area contributed by atoms with Gasteiger partial charge in [-0.25, -0.2) is 17.8 Å². The largest absolute Gasteiger partial charge is 0.390 e. The van der Waals surface area contributed by atoms with E-state index in [1.54, 1.807) is 13.0 Å². The molecule has 0 saturated carbocycles. The minimum atomic E-state index is -3.04. The van der Waals surface area contributed by atoms with Crippen LogP contribution < -0.4 is 15.5 Å². The van der Waals surface area contributed by atoms with Crippen molar-refractivity contribution in [3.8, 4) is 0 Å². The number of H-pyrrole nitrogens is 1. The maximum absolute atomic E-state index is 14.8. The van der Waals surface area contributed by atoms with Gasteiger partial charge >= 0.3 is 0 Å². The Morgan fingerprint density at radius 1 is 1.27 bits per heavy atom. The van der Waals surface area contributed by atoms with Crippen LogP contribution in [0.15, 0.2) is 6.07 Å². The number of hydrogen-bond acceptors (Lipinski definition) is 9. The molecule has 1 saturated heterocycles. The van der Waals surface area contributed by atoms with Crippen molar-refractivity contribution < 1.29 is 17.9 Å². The molecule has 3 rings (SSSR count). The van der Waals surface area contributed by atoms with Gasteiger partial charge in [0.25, 0.3) is 0 Å². The van der Waals surface area contributed by atoms with Gasteiger partial charge in [-0.15, -0.1) is 0 Å². The molecule has 3 heterocycles. The van der Waals surface area contributed by atoms with Gasteiger partial charge in [0, 0.05) is 42.7 Å². The number of aliphatic hydroxyl groups is 1. The van der Waals surface area contributed by atoms with Crippen LogP contribution in [0.1, 0.15) is 50.9 Å². The molecular weight excluding hydrogens is 449 g/mol. The van der Waals surface area contributed by atoms with Crippen LogP contribution in [0.5, 0.6) is 0 Å². The molecule has 1 aliphatic heterocycles. The van der Waals surface area contributed by atoms with E-state index in [0.29, 0.717) is 18.7 Å². The minimum Gasteiger partial charge on any atom is -0.390 e. The highest BCUT2D eigenvalue weighted by atomic mass is 32.2. The van der Waals surface area contributed by atoms with Crippen molar-refractivity contribution in [3.05, 3.63) is 23.3 Å². The second-order valence-electron chi connectivity index (χ2n) is 8.58. The van der Waals surface area contributed by atoms with Crippen molar-refractivity contribution in [2.45, 2.75) is 71.2 Å². The Morgan fingerprint density at radius 2 is 2.00 bits per heavy atom. The number of aryl methyl sites for hydroxylation is 1. The highest BCUT2D eigenvalue weighted by Crippen LogP contribution is 2.27. The van der Waals surface area contributed by atoms with Gasteiger partial charge in [-0.2, -0.15) is 10.1 Å². The lowest BCUT2D eigenvalue weighted by molar-refractivity contribution is 0.266. The first kappa shape index (κ1) is 25.3. The van der Waals surface area contributed by atoms with Crippen molar-refractivity contribution in [1.82, 2.24) is 25.5 Å². The number of rotatable bonds is 10. The quantitative estimate of drug-likeness (QED) is 0.400. The number of aliphatic hydroxyl groups excluding tert-OH is 1. The fourth-order valence-electron chi connectivity index (χ4n) is 4.08. The predicted molar refractivity (Wildman–Crippen MR) is 126 cm³/mol. The number of halogens is 1. The van der Waals surface area contributed by atoms with Crippen LogP contribution in [0.4, 0.5) is 22.0 Å². The van der Waals surface area contributed by atoms with Gasteiger partial charge in [0.1, 0.15) is 15.5 Å². The van der Waals surface area contributed by atoms with E-state index in [1.165, 1.54) is 0 Å². The lowest BCUT2D eigenvalue weighted by Crippen LogP contribution is -2.52. The molecule has 0 aromatic carbocycles. The third kappa shape index (κ3) is 6.39. The van der Waals surface area contributed by atoms with Gasteiger partial charge < -0.3 is 20.6 Å². The zero-order valence-electron chi connectivity index (χ0n) is 19.6. The van der Waals surface area contributed by atoms with Crippen LogP contribution in [0.2, 0.25) is 0 Å². The monoisotopic (exact) mass is 483 g/mol. The summed E-state index contributed by atoms with van der Waals surface area (Å²) in [6, 6.07) is 2.02. The number of hydrogen-bond donors (Lipinski definition) is 4. The first-order chi connectivity index (χ1) is 15.7. The average Bonchev–Trinajstić information content (AvgIpc) is 3.22. The van der Waals surface area contributed by atoms with Gasteiger partial charge in [0.15, 0.2) is 17.5 Å². The molecule has 4 N–H and O–H groups in total. The van der Waals surface area contributed by atoms with Crippen LogP contribution in [-0.2, 0) is 16.4 Å². The number of piperidine rings is 1. The normalized spacial score (nSPS) is 21.2. The van der Waals surface area contributed by atoms with Crippen LogP contribution >= 0.6 is 0 Å². The smallest absolute Gasteiger partial charge is 0.227 e. The van der Waals surface area contributed by atoms with E-state index in [9.17, 15) is 17.9 Å². The van der Waals surface area contributed by atoms with Gasteiger partial charge in [0.05, 0.1) is 12.4 Å². The first-order valence-electron chi connectivity index (χ1n) is 11.3. The number of nitrogens with one attached hydrogen (secondary N) is 3. The predicted octanol–water partition coefficient (Wildman–Crippen LogP) is 2.04. The summed E-state index contributed by atoms with van der Waals surface area (Å²) >= 11 is 0. The van der Waals surface area contributed by atoms with Crippen molar-refractivity contribution in [1.29, 1.82) is 0 Å². The zero-order chi connectivity index (χ0) is 24.2. The number of anilines is 3. The fraction of sp³-hybridized carbons (Fsp3) is 0.667. The van der Waals surface area contributed by atoms with E-state index in [2.05, 4.69) is 37.7 Å². The Bertz CT molecular complexity index is 1050. The van der Waals surface area contributed by atoms with Crippen molar-refractivity contribution in [2.24, 2.45) is 0 Å². The minimum absolute atomic E-state index is 0.0306. The summed E-state index contributed by atoms with van der Waals surface area (Å²) < 4.78 is 38.8. The van der Waals surface area contributed by atoms with E-state index in [-0.39, 0.29) is 47.1 Å². The van der Waals surface area contributed by atoms with Gasteiger partial charge in [-0.1, -0.05) is 13.8 Å². The summed E-state index contributed by atoms with van der Waals surface area (Å²) in [7, 11) is -1.20. The van der Waals surface area contributed by atoms with Gasteiger partial charge in [0.2, 0.25) is 5.95 Å². The molecule has 184 valence electrons. The molecule has 0 bridgehead atoms. The fourth-order valence-corrected chi connectivity index (χ4v) is 5.02. The summed E-state index contributed by atoms with van der Waals surface area (Å²) in [5, 5.41) is 22.9. The highest BCUT2D eigenvalue weighted by molar-refractivity contribution is 7.91. The molecule has 0 spiro atoms. The van der Waals surface area contributed by atoms with E-state index in [0.717, 1.165) is 18.5 Å². The molecule has 0 radical (unpaired) electrons. The number of nitrogens with zero attached hydrogens (tertiary/aromatic N) is 4. The van der Waals surface area contributed by atoms with Crippen LogP contribution in [0.3, 0.4) is 0 Å². The summed E-state index contributed by atoms with van der Waals surface area (Å²) in [6.07, 6.45) is 2.97. The highest BCUT2D eigenvalue weighted by Gasteiger charge is 2.32. The molecule has 0 unspecified atom stereocenters. The summed E-state index contributed by atoms with van der Waals surface area (Å²) in [5.41, 5.74) is 0.705. The Morgan fingerprint density at radius 3 is 2.61 bits per heavy atom. The van der Waals surface area contributed by atoms with E-state index < -0.39 is 22.3 Å². The Kier molecular flexibility index (Phi) is 8.24. The molecule has 3 atom stereocenters. The average molecular weight is 484 g/mol. The molecule has 1 aliphatic rings. The SMILES string of the molecule is CC[C@@H]1C[C@@H](N(C)c2nc(CO)c(F)c(Nc3cc(C)[nH]n3)n2)C[C@H](CCS(=O)(=O)CC)N1. The van der Waals surface area contributed by atoms with Crippen LogP contribution in [0.25, 0.3) is 0 Å². The topological polar surface area (TPSA) is 136 Å². The molecule has 0 aliphatic carbocycles. The van der Waals surface area contributed by atoms with E-state index in [1.807, 2.05) is 18.9 Å². The third-order valence-electron chi connectivity index (χ3n) is 6.17. The molecular formula is C21H34FN7O3S. The molecule has 12 heteroatoms. The molecule has 0 amide bonds. The zero-order valence-corrected chi connectivity index (χ0v) is 20.4. The third-order valence-corrected chi connectivity index (χ3v) is 7.91. The van der Waals surface area contributed by atoms with Crippen molar-refractivity contribution >= 4 is 27.4 Å². The Labute approximate surface area is 194 Å². The maximum atomic E-state index is 14.8. The molecule has 2 aromatic heterocycles. The number of sulfone groups is 1. The molecule has 2 aromatic rings. The maximum Gasteiger partial charge on any atom is 0.227 e. The molecule has 10 nitrogen and oxygen atoms in total. The van der Waals surface area contributed by atoms with Crippen LogP contribution in [0, 0.1) is 12.7 Å². The second-order valence-corrected chi connectivity index (χ2v) is 11.1. The van der Waals surface area contributed by atoms with Crippen molar-refractivity contribution in [2.75, 3.05) is 28.8 Å². The molecule has 33 heavy (non-hydrogen) atoms.